The van der Waals surface area contributed by atoms with E-state index in [1.165, 1.54) is 0 Å². The van der Waals surface area contributed by atoms with Crippen LogP contribution in [-0.4, -0.2) is 5.91 Å². The van der Waals surface area contributed by atoms with Crippen molar-refractivity contribution < 1.29 is 4.79 Å². The molecule has 0 heterocycles. The van der Waals surface area contributed by atoms with Gasteiger partial charge in [0.15, 0.2) is 0 Å². The van der Waals surface area contributed by atoms with E-state index in [1.54, 1.807) is 12.1 Å². The molecule has 0 aliphatic rings. The summed E-state index contributed by atoms with van der Waals surface area (Å²) in [5.74, 6) is -0.385. The zero-order valence-corrected chi connectivity index (χ0v) is 6.95. The molecule has 0 radical (unpaired) electrons. The molecule has 0 fully saturated rings. The Hall–Kier alpha value is -1.57. The lowest BCUT2D eigenvalue weighted by Crippen LogP contribution is -2.12. The maximum Gasteiger partial charge on any atom is 0.249 e. The number of rotatable bonds is 2. The summed E-state index contributed by atoms with van der Waals surface area (Å²) in [6.45, 7) is 1.90. The lowest BCUT2D eigenvalue weighted by molar-refractivity contribution is 0.1000. The molecule has 0 saturated carbocycles. The van der Waals surface area contributed by atoms with Gasteiger partial charge in [0.1, 0.15) is 0 Å². The molecule has 62 valence electrons. The van der Waals surface area contributed by atoms with Gasteiger partial charge in [-0.2, -0.15) is 0 Å². The Morgan fingerprint density at radius 2 is 2.08 bits per heavy atom. The molecular formula is C10H11NO. The average Bonchev–Trinajstić information content (AvgIpc) is 2.05. The Kier molecular flexibility index (Phi) is 2.64. The minimum atomic E-state index is -0.385. The fourth-order valence-electron chi connectivity index (χ4n) is 1.05. The lowest BCUT2D eigenvalue weighted by Gasteiger charge is -1.99. The summed E-state index contributed by atoms with van der Waals surface area (Å²) in [5.41, 5.74) is 6.61. The predicted molar refractivity (Wildman–Crippen MR) is 49.7 cm³/mol. The van der Waals surface area contributed by atoms with Crippen molar-refractivity contribution in [3.63, 3.8) is 0 Å². The van der Waals surface area contributed by atoms with E-state index in [-0.39, 0.29) is 5.91 Å². The van der Waals surface area contributed by atoms with E-state index < -0.39 is 0 Å². The van der Waals surface area contributed by atoms with Gasteiger partial charge >= 0.3 is 0 Å². The molecule has 12 heavy (non-hydrogen) atoms. The first kappa shape index (κ1) is 8.53. The number of hydrogen-bond donors (Lipinski definition) is 1. The van der Waals surface area contributed by atoms with Crippen LogP contribution in [0.1, 0.15) is 22.8 Å². The lowest BCUT2D eigenvalue weighted by atomic mass is 10.1. The topological polar surface area (TPSA) is 43.1 Å². The summed E-state index contributed by atoms with van der Waals surface area (Å²) in [6, 6.07) is 7.26. The van der Waals surface area contributed by atoms with Crippen molar-refractivity contribution in [2.75, 3.05) is 0 Å². The van der Waals surface area contributed by atoms with E-state index in [9.17, 15) is 4.79 Å². The Morgan fingerprint density at radius 1 is 1.42 bits per heavy atom. The van der Waals surface area contributed by atoms with Crippen LogP contribution in [0.4, 0.5) is 0 Å². The number of carbonyl (C=O) groups excluding carboxylic acids is 1. The summed E-state index contributed by atoms with van der Waals surface area (Å²) < 4.78 is 0. The second-order valence-corrected chi connectivity index (χ2v) is 2.45. The maximum absolute atomic E-state index is 10.9. The highest BCUT2D eigenvalue weighted by atomic mass is 16.1. The summed E-state index contributed by atoms with van der Waals surface area (Å²) in [4.78, 5) is 10.9. The molecule has 2 N–H and O–H groups in total. The van der Waals surface area contributed by atoms with Gasteiger partial charge in [-0.15, -0.1) is 0 Å². The van der Waals surface area contributed by atoms with E-state index >= 15 is 0 Å². The minimum absolute atomic E-state index is 0.385. The van der Waals surface area contributed by atoms with E-state index in [0.29, 0.717) is 5.56 Å². The Balaban J connectivity index is 3.17. The zero-order valence-electron chi connectivity index (χ0n) is 6.95. The minimum Gasteiger partial charge on any atom is -0.366 e. The van der Waals surface area contributed by atoms with Crippen molar-refractivity contribution >= 4 is 12.0 Å². The van der Waals surface area contributed by atoms with Gasteiger partial charge in [0.2, 0.25) is 5.91 Å². The Labute approximate surface area is 71.7 Å². The largest absolute Gasteiger partial charge is 0.366 e. The van der Waals surface area contributed by atoms with Crippen LogP contribution >= 0.6 is 0 Å². The van der Waals surface area contributed by atoms with Gasteiger partial charge in [0.25, 0.3) is 0 Å². The van der Waals surface area contributed by atoms with Gasteiger partial charge in [-0.3, -0.25) is 4.79 Å². The maximum atomic E-state index is 10.9. The molecule has 0 unspecified atom stereocenters. The highest BCUT2D eigenvalue weighted by Gasteiger charge is 2.02. The predicted octanol–water partition coefficient (Wildman–Crippen LogP) is 1.82. The first-order valence-corrected chi connectivity index (χ1v) is 3.77. The quantitative estimate of drug-likeness (QED) is 0.706. The summed E-state index contributed by atoms with van der Waals surface area (Å²) in [5, 5.41) is 0. The van der Waals surface area contributed by atoms with Crippen molar-refractivity contribution in [2.45, 2.75) is 6.92 Å². The summed E-state index contributed by atoms with van der Waals surface area (Å²) in [7, 11) is 0. The average molecular weight is 161 g/mol. The van der Waals surface area contributed by atoms with Crippen LogP contribution in [0.3, 0.4) is 0 Å². The molecule has 0 aliphatic carbocycles. The molecule has 0 aliphatic heterocycles. The second-order valence-electron chi connectivity index (χ2n) is 2.45. The SMILES string of the molecule is C/C=C\c1ccccc1C(N)=O. The number of benzene rings is 1. The number of carbonyl (C=O) groups is 1. The molecule has 0 atom stereocenters. The third-order valence-corrected chi connectivity index (χ3v) is 1.57. The molecule has 1 aromatic rings. The van der Waals surface area contributed by atoms with Crippen molar-refractivity contribution in [1.29, 1.82) is 0 Å². The molecule has 1 amide bonds. The van der Waals surface area contributed by atoms with Crippen LogP contribution in [-0.2, 0) is 0 Å². The van der Waals surface area contributed by atoms with Crippen molar-refractivity contribution in [2.24, 2.45) is 5.73 Å². The first-order chi connectivity index (χ1) is 5.75. The van der Waals surface area contributed by atoms with Gasteiger partial charge in [0.05, 0.1) is 0 Å². The fraction of sp³-hybridized carbons (Fsp3) is 0.100. The van der Waals surface area contributed by atoms with E-state index in [1.807, 2.05) is 31.2 Å². The van der Waals surface area contributed by atoms with Crippen LogP contribution in [0.15, 0.2) is 30.3 Å². The van der Waals surface area contributed by atoms with Crippen molar-refractivity contribution in [3.05, 3.63) is 41.5 Å². The normalized spacial score (nSPS) is 10.4. The van der Waals surface area contributed by atoms with Crippen molar-refractivity contribution in [1.82, 2.24) is 0 Å². The number of amides is 1. The molecule has 0 aromatic heterocycles. The van der Waals surface area contributed by atoms with Gasteiger partial charge in [-0.05, 0) is 18.6 Å². The molecule has 0 spiro atoms. The van der Waals surface area contributed by atoms with Crippen LogP contribution in [0.5, 0.6) is 0 Å². The van der Waals surface area contributed by atoms with Crippen LogP contribution < -0.4 is 5.73 Å². The standard InChI is InChI=1S/C10H11NO/c1-2-5-8-6-3-4-7-9(8)10(11)12/h2-7H,1H3,(H2,11,12)/b5-2-. The number of primary amides is 1. The zero-order chi connectivity index (χ0) is 8.97. The molecule has 2 heteroatoms. The second kappa shape index (κ2) is 3.72. The molecule has 2 nitrogen and oxygen atoms in total. The summed E-state index contributed by atoms with van der Waals surface area (Å²) >= 11 is 0. The van der Waals surface area contributed by atoms with Gasteiger partial charge in [-0.1, -0.05) is 30.4 Å². The monoisotopic (exact) mass is 161 g/mol. The number of allylic oxidation sites excluding steroid dienone is 1. The number of nitrogens with two attached hydrogens (primary N) is 1. The van der Waals surface area contributed by atoms with Gasteiger partial charge in [0, 0.05) is 5.56 Å². The van der Waals surface area contributed by atoms with E-state index in [2.05, 4.69) is 0 Å². The van der Waals surface area contributed by atoms with Gasteiger partial charge < -0.3 is 5.73 Å². The molecule has 0 saturated heterocycles. The fourth-order valence-corrected chi connectivity index (χ4v) is 1.05. The Bertz CT molecular complexity index is 315. The van der Waals surface area contributed by atoms with E-state index in [4.69, 9.17) is 5.73 Å². The Morgan fingerprint density at radius 3 is 2.67 bits per heavy atom. The highest BCUT2D eigenvalue weighted by Crippen LogP contribution is 2.09. The van der Waals surface area contributed by atoms with Gasteiger partial charge in [-0.25, -0.2) is 0 Å². The summed E-state index contributed by atoms with van der Waals surface area (Å²) in [6.07, 6.45) is 3.74. The number of hydrogen-bond acceptors (Lipinski definition) is 1. The molecule has 1 rings (SSSR count). The van der Waals surface area contributed by atoms with Crippen LogP contribution in [0.25, 0.3) is 6.08 Å². The smallest absolute Gasteiger partial charge is 0.249 e. The van der Waals surface area contributed by atoms with Crippen LogP contribution in [0.2, 0.25) is 0 Å². The highest BCUT2D eigenvalue weighted by molar-refractivity contribution is 5.96. The third-order valence-electron chi connectivity index (χ3n) is 1.57. The van der Waals surface area contributed by atoms with E-state index in [0.717, 1.165) is 5.56 Å². The molecule has 1 aromatic carbocycles. The van der Waals surface area contributed by atoms with Crippen LogP contribution in [0, 0.1) is 0 Å². The first-order valence-electron chi connectivity index (χ1n) is 3.77. The molecular weight excluding hydrogens is 150 g/mol. The molecule has 0 bridgehead atoms. The third kappa shape index (κ3) is 1.72. The van der Waals surface area contributed by atoms with Crippen molar-refractivity contribution in [3.8, 4) is 0 Å².